The highest BCUT2D eigenvalue weighted by atomic mass is 19.4. The fourth-order valence-corrected chi connectivity index (χ4v) is 1.66. The number of aromatic nitrogens is 3. The van der Waals surface area contributed by atoms with Crippen LogP contribution in [-0.4, -0.2) is 25.4 Å². The Morgan fingerprint density at radius 2 is 2.17 bits per heavy atom. The first-order chi connectivity index (χ1) is 8.34. The Morgan fingerprint density at radius 3 is 2.67 bits per heavy atom. The van der Waals surface area contributed by atoms with Crippen molar-refractivity contribution in [3.8, 4) is 0 Å². The van der Waals surface area contributed by atoms with Gasteiger partial charge in [0, 0.05) is 6.20 Å². The van der Waals surface area contributed by atoms with Gasteiger partial charge in [0.2, 0.25) is 0 Å². The number of alkyl halides is 3. The maximum absolute atomic E-state index is 12.9. The third-order valence-electron chi connectivity index (χ3n) is 2.40. The number of carboxylic acid groups (broad SMARTS) is 1. The molecule has 8 heteroatoms. The van der Waals surface area contributed by atoms with Crippen LogP contribution in [0.15, 0.2) is 12.4 Å². The van der Waals surface area contributed by atoms with Gasteiger partial charge < -0.3 is 5.11 Å². The Kier molecular flexibility index (Phi) is 2.72. The van der Waals surface area contributed by atoms with Crippen molar-refractivity contribution in [3.05, 3.63) is 29.5 Å². The highest BCUT2D eigenvalue weighted by Gasteiger charge is 2.37. The molecule has 0 aliphatic heterocycles. The van der Waals surface area contributed by atoms with Gasteiger partial charge in [-0.2, -0.15) is 13.2 Å². The molecule has 0 amide bonds. The van der Waals surface area contributed by atoms with E-state index in [2.05, 4.69) is 9.97 Å². The van der Waals surface area contributed by atoms with Crippen LogP contribution < -0.4 is 0 Å². The molecular formula is C10H8F3N3O2. The van der Waals surface area contributed by atoms with E-state index in [4.69, 9.17) is 5.11 Å². The van der Waals surface area contributed by atoms with Crippen molar-refractivity contribution in [1.82, 2.24) is 14.4 Å². The van der Waals surface area contributed by atoms with Gasteiger partial charge in [-0.3, -0.25) is 4.40 Å². The molecular weight excluding hydrogens is 251 g/mol. The van der Waals surface area contributed by atoms with Gasteiger partial charge in [0.25, 0.3) is 0 Å². The van der Waals surface area contributed by atoms with E-state index in [0.717, 1.165) is 16.8 Å². The second-order valence-electron chi connectivity index (χ2n) is 3.56. The summed E-state index contributed by atoms with van der Waals surface area (Å²) in [6.07, 6.45) is -2.66. The summed E-state index contributed by atoms with van der Waals surface area (Å²) in [7, 11) is 0. The molecule has 5 nitrogen and oxygen atoms in total. The lowest BCUT2D eigenvalue weighted by molar-refractivity contribution is -0.142. The van der Waals surface area contributed by atoms with Crippen LogP contribution in [-0.2, 0) is 12.6 Å². The monoisotopic (exact) mass is 259 g/mol. The predicted octanol–water partition coefficient (Wildman–Crippen LogP) is 2.01. The molecule has 0 aliphatic rings. The molecule has 96 valence electrons. The smallest absolute Gasteiger partial charge is 0.433 e. The maximum Gasteiger partial charge on any atom is 0.433 e. The number of fused-ring (bicyclic) bond motifs is 1. The van der Waals surface area contributed by atoms with Gasteiger partial charge in [0.05, 0.1) is 11.9 Å². The Hall–Kier alpha value is -2.12. The van der Waals surface area contributed by atoms with Gasteiger partial charge >= 0.3 is 12.1 Å². The topological polar surface area (TPSA) is 67.5 Å². The van der Waals surface area contributed by atoms with E-state index < -0.39 is 23.5 Å². The number of rotatable bonds is 2. The Morgan fingerprint density at radius 1 is 1.50 bits per heavy atom. The minimum Gasteiger partial charge on any atom is -0.476 e. The van der Waals surface area contributed by atoms with Crippen LogP contribution in [0.25, 0.3) is 5.65 Å². The summed E-state index contributed by atoms with van der Waals surface area (Å²) in [4.78, 5) is 18.0. The van der Waals surface area contributed by atoms with Crippen molar-refractivity contribution in [1.29, 1.82) is 0 Å². The molecule has 2 aromatic heterocycles. The normalized spacial score (nSPS) is 12.0. The molecule has 0 atom stereocenters. The number of halogens is 3. The molecule has 2 aromatic rings. The Bertz CT molecular complexity index is 619. The first-order valence-corrected chi connectivity index (χ1v) is 5.02. The lowest BCUT2D eigenvalue weighted by Crippen LogP contribution is -2.13. The molecule has 0 radical (unpaired) electrons. The first-order valence-electron chi connectivity index (χ1n) is 5.02. The average molecular weight is 259 g/mol. The number of carbonyl (C=O) groups is 1. The van der Waals surface area contributed by atoms with E-state index in [1.54, 1.807) is 6.92 Å². The summed E-state index contributed by atoms with van der Waals surface area (Å²) >= 11 is 0. The van der Waals surface area contributed by atoms with Crippen molar-refractivity contribution in [2.24, 2.45) is 0 Å². The van der Waals surface area contributed by atoms with Gasteiger partial charge in [-0.25, -0.2) is 14.8 Å². The standard InChI is InChI=1S/C10H8F3N3O2/c1-2-5-8(10(11,12)13)16-4-6(9(17)18)14-3-7(16)15-5/h3-4H,2H2,1H3,(H,17,18). The number of hydrogen-bond acceptors (Lipinski definition) is 3. The van der Waals surface area contributed by atoms with Gasteiger partial charge in [0.15, 0.2) is 17.0 Å². The Labute approximate surface area is 98.9 Å². The fourth-order valence-electron chi connectivity index (χ4n) is 1.66. The number of imidazole rings is 1. The maximum atomic E-state index is 12.9. The first kappa shape index (κ1) is 12.3. The summed E-state index contributed by atoms with van der Waals surface area (Å²) in [6.45, 7) is 1.54. The summed E-state index contributed by atoms with van der Waals surface area (Å²) in [5, 5.41) is 8.72. The molecule has 18 heavy (non-hydrogen) atoms. The van der Waals surface area contributed by atoms with Crippen LogP contribution >= 0.6 is 0 Å². The average Bonchev–Trinajstić information content (AvgIpc) is 2.65. The van der Waals surface area contributed by atoms with E-state index in [0.29, 0.717) is 0 Å². The quantitative estimate of drug-likeness (QED) is 0.895. The van der Waals surface area contributed by atoms with Crippen LogP contribution in [0.1, 0.15) is 28.8 Å². The lowest BCUT2D eigenvalue weighted by Gasteiger charge is -2.08. The molecule has 0 saturated heterocycles. The van der Waals surface area contributed by atoms with Crippen LogP contribution in [0.2, 0.25) is 0 Å². The summed E-state index contributed by atoms with van der Waals surface area (Å²) in [5.41, 5.74) is -1.58. The molecule has 0 bridgehead atoms. The van der Waals surface area contributed by atoms with Gasteiger partial charge in [0.1, 0.15) is 0 Å². The van der Waals surface area contributed by atoms with Crippen molar-refractivity contribution in [3.63, 3.8) is 0 Å². The third kappa shape index (κ3) is 1.89. The predicted molar refractivity (Wildman–Crippen MR) is 54.3 cm³/mol. The van der Waals surface area contributed by atoms with E-state index >= 15 is 0 Å². The lowest BCUT2D eigenvalue weighted by atomic mass is 10.2. The molecule has 0 aromatic carbocycles. The number of aromatic carboxylic acids is 1. The number of nitrogens with zero attached hydrogens (tertiary/aromatic N) is 3. The van der Waals surface area contributed by atoms with Crippen molar-refractivity contribution >= 4 is 11.6 Å². The fraction of sp³-hybridized carbons (Fsp3) is 0.300. The molecule has 0 spiro atoms. The van der Waals surface area contributed by atoms with E-state index in [9.17, 15) is 18.0 Å². The zero-order valence-electron chi connectivity index (χ0n) is 9.19. The number of hydrogen-bond donors (Lipinski definition) is 1. The van der Waals surface area contributed by atoms with E-state index in [1.165, 1.54) is 0 Å². The minimum absolute atomic E-state index is 0.0239. The van der Waals surface area contributed by atoms with Crippen LogP contribution in [0.3, 0.4) is 0 Å². The number of aryl methyl sites for hydroxylation is 1. The highest BCUT2D eigenvalue weighted by Crippen LogP contribution is 2.32. The molecule has 2 rings (SSSR count). The Balaban J connectivity index is 2.79. The van der Waals surface area contributed by atoms with Crippen molar-refractivity contribution in [2.45, 2.75) is 19.5 Å². The largest absolute Gasteiger partial charge is 0.476 e. The van der Waals surface area contributed by atoms with Crippen LogP contribution in [0.5, 0.6) is 0 Å². The van der Waals surface area contributed by atoms with Crippen molar-refractivity contribution in [2.75, 3.05) is 0 Å². The zero-order chi connectivity index (χ0) is 13.5. The van der Waals surface area contributed by atoms with Gasteiger partial charge in [-0.15, -0.1) is 0 Å². The van der Waals surface area contributed by atoms with Crippen LogP contribution in [0, 0.1) is 0 Å². The molecule has 1 N–H and O–H groups in total. The number of carboxylic acids is 1. The molecule has 0 aliphatic carbocycles. The van der Waals surface area contributed by atoms with Crippen LogP contribution in [0.4, 0.5) is 13.2 Å². The SMILES string of the molecule is CCc1nc2cnc(C(=O)O)cn2c1C(F)(F)F. The minimum atomic E-state index is -4.60. The third-order valence-corrected chi connectivity index (χ3v) is 2.40. The summed E-state index contributed by atoms with van der Waals surface area (Å²) in [6, 6.07) is 0. The second-order valence-corrected chi connectivity index (χ2v) is 3.56. The molecule has 0 fully saturated rings. The van der Waals surface area contributed by atoms with E-state index in [1.807, 2.05) is 0 Å². The molecule has 0 unspecified atom stereocenters. The molecule has 0 saturated carbocycles. The zero-order valence-corrected chi connectivity index (χ0v) is 9.19. The van der Waals surface area contributed by atoms with Gasteiger partial charge in [-0.1, -0.05) is 6.92 Å². The second kappa shape index (κ2) is 3.97. The highest BCUT2D eigenvalue weighted by molar-refractivity contribution is 5.85. The summed E-state index contributed by atoms with van der Waals surface area (Å²) < 4.78 is 39.4. The summed E-state index contributed by atoms with van der Waals surface area (Å²) in [5.74, 6) is -1.39. The van der Waals surface area contributed by atoms with E-state index in [-0.39, 0.29) is 17.8 Å². The van der Waals surface area contributed by atoms with Crippen molar-refractivity contribution < 1.29 is 23.1 Å². The molecule has 2 heterocycles. The van der Waals surface area contributed by atoms with Gasteiger partial charge in [-0.05, 0) is 6.42 Å².